The molecule has 0 aliphatic carbocycles. The number of hydrogen-bond acceptors (Lipinski definition) is 1. The van der Waals surface area contributed by atoms with Crippen molar-refractivity contribution >= 4 is 24.0 Å². The molecule has 0 bridgehead atoms. The van der Waals surface area contributed by atoms with Crippen LogP contribution in [0.1, 0.15) is 5.56 Å². The van der Waals surface area contributed by atoms with Gasteiger partial charge < -0.3 is 4.57 Å². The first-order chi connectivity index (χ1) is 13.2. The van der Waals surface area contributed by atoms with Crippen LogP contribution in [0, 0.1) is 6.92 Å². The summed E-state index contributed by atoms with van der Waals surface area (Å²) in [5.74, 6) is 0. The van der Waals surface area contributed by atoms with E-state index in [4.69, 9.17) is 11.6 Å². The van der Waals surface area contributed by atoms with E-state index in [1.165, 1.54) is 0 Å². The molecular formula is C24H19Cl2NO. The molecule has 4 aromatic rings. The zero-order valence-corrected chi connectivity index (χ0v) is 16.9. The lowest BCUT2D eigenvalue weighted by atomic mass is 10.0. The summed E-state index contributed by atoms with van der Waals surface area (Å²) in [4.78, 5) is 12.8. The van der Waals surface area contributed by atoms with Crippen LogP contribution in [0.3, 0.4) is 0 Å². The van der Waals surface area contributed by atoms with Crippen molar-refractivity contribution in [2.45, 2.75) is 6.92 Å². The Kier molecular flexibility index (Phi) is 6.03. The molecule has 0 spiro atoms. The molecule has 0 unspecified atom stereocenters. The Bertz CT molecular complexity index is 1150. The van der Waals surface area contributed by atoms with Crippen LogP contribution in [0.5, 0.6) is 0 Å². The van der Waals surface area contributed by atoms with Gasteiger partial charge in [-0.3, -0.25) is 4.79 Å². The van der Waals surface area contributed by atoms with Crippen molar-refractivity contribution in [2.75, 3.05) is 0 Å². The van der Waals surface area contributed by atoms with Gasteiger partial charge in [0.1, 0.15) is 0 Å². The van der Waals surface area contributed by atoms with Crippen LogP contribution in [-0.4, -0.2) is 4.57 Å². The number of hydrogen-bond donors (Lipinski definition) is 0. The summed E-state index contributed by atoms with van der Waals surface area (Å²) in [6.07, 6.45) is 0. The van der Waals surface area contributed by atoms with Crippen LogP contribution in [0.2, 0.25) is 5.02 Å². The van der Waals surface area contributed by atoms with E-state index < -0.39 is 0 Å². The van der Waals surface area contributed by atoms with Gasteiger partial charge in [0.05, 0.1) is 22.1 Å². The third-order valence-corrected chi connectivity index (χ3v) is 4.99. The number of aromatic nitrogens is 1. The monoisotopic (exact) mass is 407 g/mol. The normalized spacial score (nSPS) is 10.4. The Morgan fingerprint density at radius 1 is 0.750 bits per heavy atom. The molecule has 0 saturated carbocycles. The van der Waals surface area contributed by atoms with Crippen LogP contribution in [0.15, 0.2) is 95.8 Å². The van der Waals surface area contributed by atoms with E-state index >= 15 is 0 Å². The summed E-state index contributed by atoms with van der Waals surface area (Å²) < 4.78 is 2.09. The minimum Gasteiger partial charge on any atom is -0.307 e. The van der Waals surface area contributed by atoms with Crippen LogP contribution in [0.4, 0.5) is 0 Å². The highest BCUT2D eigenvalue weighted by molar-refractivity contribution is 6.32. The van der Waals surface area contributed by atoms with E-state index in [0.29, 0.717) is 10.6 Å². The molecule has 0 aliphatic heterocycles. The predicted octanol–water partition coefficient (Wildman–Crippen LogP) is 6.56. The Morgan fingerprint density at radius 3 is 1.89 bits per heavy atom. The second-order valence-corrected chi connectivity index (χ2v) is 6.79. The van der Waals surface area contributed by atoms with Crippen molar-refractivity contribution < 1.29 is 0 Å². The lowest BCUT2D eigenvalue weighted by molar-refractivity contribution is 1.04. The highest BCUT2D eigenvalue weighted by Gasteiger charge is 2.18. The minimum atomic E-state index is 0. The summed E-state index contributed by atoms with van der Waals surface area (Å²) in [5.41, 5.74) is 5.17. The summed E-state index contributed by atoms with van der Waals surface area (Å²) in [5, 5.41) is 0.634. The first-order valence-corrected chi connectivity index (χ1v) is 9.17. The average molecular weight is 408 g/mol. The van der Waals surface area contributed by atoms with Crippen molar-refractivity contribution in [1.82, 2.24) is 4.57 Å². The number of nitrogens with zero attached hydrogens (tertiary/aromatic N) is 1. The summed E-state index contributed by atoms with van der Waals surface area (Å²) in [6, 6.07) is 29.3. The molecule has 2 nitrogen and oxygen atoms in total. The second-order valence-electron chi connectivity index (χ2n) is 6.39. The van der Waals surface area contributed by atoms with Crippen molar-refractivity contribution in [3.05, 3.63) is 112 Å². The number of halogens is 2. The molecule has 0 amide bonds. The fraction of sp³-hybridized carbons (Fsp3) is 0.0417. The van der Waals surface area contributed by atoms with Gasteiger partial charge in [-0.05, 0) is 30.2 Å². The maximum Gasteiger partial charge on any atom is 0.185 e. The summed E-state index contributed by atoms with van der Waals surface area (Å²) >= 11 is 6.57. The Hall–Kier alpha value is -2.81. The molecule has 1 heterocycles. The van der Waals surface area contributed by atoms with Gasteiger partial charge in [0.25, 0.3) is 0 Å². The molecule has 0 saturated heterocycles. The Morgan fingerprint density at radius 2 is 1.29 bits per heavy atom. The third-order valence-electron chi connectivity index (χ3n) is 4.67. The molecule has 0 atom stereocenters. The highest BCUT2D eigenvalue weighted by atomic mass is 35.5. The zero-order valence-electron chi connectivity index (χ0n) is 15.3. The largest absolute Gasteiger partial charge is 0.307 e. The van der Waals surface area contributed by atoms with Gasteiger partial charge in [-0.25, -0.2) is 0 Å². The molecule has 3 aromatic carbocycles. The SMILES string of the molecule is Cc1c(-c2ccccc2)n(-c2ccccc2Cl)c(-c2ccccc2)cc1=O.Cl. The third kappa shape index (κ3) is 3.62. The lowest BCUT2D eigenvalue weighted by Crippen LogP contribution is -2.15. The first kappa shape index (κ1) is 19.9. The van der Waals surface area contributed by atoms with Gasteiger partial charge in [-0.15, -0.1) is 12.4 Å². The average Bonchev–Trinajstić information content (AvgIpc) is 2.71. The summed E-state index contributed by atoms with van der Waals surface area (Å²) in [6.45, 7) is 1.87. The van der Waals surface area contributed by atoms with Crippen molar-refractivity contribution in [3.63, 3.8) is 0 Å². The van der Waals surface area contributed by atoms with Gasteiger partial charge in [0.15, 0.2) is 5.43 Å². The molecule has 0 radical (unpaired) electrons. The van der Waals surface area contributed by atoms with E-state index in [1.807, 2.05) is 91.9 Å². The second kappa shape index (κ2) is 8.47. The molecule has 0 N–H and O–H groups in total. The van der Waals surface area contributed by atoms with Crippen molar-refractivity contribution in [2.24, 2.45) is 0 Å². The quantitative estimate of drug-likeness (QED) is 0.377. The minimum absolute atomic E-state index is 0. The van der Waals surface area contributed by atoms with Crippen LogP contribution in [0.25, 0.3) is 28.2 Å². The zero-order chi connectivity index (χ0) is 18.8. The van der Waals surface area contributed by atoms with Crippen molar-refractivity contribution in [3.8, 4) is 28.2 Å². The van der Waals surface area contributed by atoms with Crippen LogP contribution >= 0.6 is 24.0 Å². The molecule has 0 fully saturated rings. The smallest absolute Gasteiger partial charge is 0.185 e. The lowest BCUT2D eigenvalue weighted by Gasteiger charge is -2.22. The number of benzene rings is 3. The molecule has 4 heteroatoms. The van der Waals surface area contributed by atoms with Gasteiger partial charge >= 0.3 is 0 Å². The van der Waals surface area contributed by atoms with Gasteiger partial charge in [-0.1, -0.05) is 84.4 Å². The highest BCUT2D eigenvalue weighted by Crippen LogP contribution is 2.33. The van der Waals surface area contributed by atoms with Gasteiger partial charge in [0.2, 0.25) is 0 Å². The molecular weight excluding hydrogens is 389 g/mol. The summed E-state index contributed by atoms with van der Waals surface area (Å²) in [7, 11) is 0. The Balaban J connectivity index is 0.00000225. The number of para-hydroxylation sites is 1. The van der Waals surface area contributed by atoms with Crippen LogP contribution < -0.4 is 5.43 Å². The molecule has 140 valence electrons. The van der Waals surface area contributed by atoms with Gasteiger partial charge in [-0.2, -0.15) is 0 Å². The van der Waals surface area contributed by atoms with E-state index in [2.05, 4.69) is 4.57 Å². The topological polar surface area (TPSA) is 22.0 Å². The van der Waals surface area contributed by atoms with Crippen LogP contribution in [-0.2, 0) is 0 Å². The van der Waals surface area contributed by atoms with Gasteiger partial charge in [0, 0.05) is 11.6 Å². The molecule has 4 rings (SSSR count). The van der Waals surface area contributed by atoms with E-state index in [0.717, 1.165) is 28.2 Å². The Labute approximate surface area is 175 Å². The predicted molar refractivity (Wildman–Crippen MR) is 120 cm³/mol. The van der Waals surface area contributed by atoms with E-state index in [-0.39, 0.29) is 17.8 Å². The number of rotatable bonds is 3. The first-order valence-electron chi connectivity index (χ1n) is 8.79. The fourth-order valence-corrected chi connectivity index (χ4v) is 3.57. The van der Waals surface area contributed by atoms with E-state index in [9.17, 15) is 4.79 Å². The fourth-order valence-electron chi connectivity index (χ4n) is 3.35. The molecule has 1 aromatic heterocycles. The molecule has 28 heavy (non-hydrogen) atoms. The maximum atomic E-state index is 12.8. The molecule has 0 aliphatic rings. The number of pyridine rings is 1. The standard InChI is InChI=1S/C24H18ClNO.ClH/c1-17-23(27)16-22(18-10-4-2-5-11-18)26(21-15-9-8-14-20(21)25)24(17)19-12-6-3-7-13-19;/h2-16H,1H3;1H. The van der Waals surface area contributed by atoms with Crippen molar-refractivity contribution in [1.29, 1.82) is 0 Å². The van der Waals surface area contributed by atoms with E-state index in [1.54, 1.807) is 6.07 Å². The maximum absolute atomic E-state index is 12.8.